The van der Waals surface area contributed by atoms with Crippen LogP contribution in [0.2, 0.25) is 0 Å². The van der Waals surface area contributed by atoms with Crippen molar-refractivity contribution < 1.29 is 23.8 Å². The molecule has 1 fully saturated rings. The molecule has 10 nitrogen and oxygen atoms in total. The number of morpholine rings is 1. The van der Waals surface area contributed by atoms with E-state index in [1.165, 1.54) is 21.9 Å². The van der Waals surface area contributed by atoms with Crippen LogP contribution in [0, 0.1) is 0 Å². The molecule has 0 saturated carbocycles. The zero-order valence-corrected chi connectivity index (χ0v) is 15.2. The summed E-state index contributed by atoms with van der Waals surface area (Å²) in [4.78, 5) is 26.0. The Hall–Kier alpha value is -3.79. The molecule has 1 N–H and O–H groups in total. The van der Waals surface area contributed by atoms with Gasteiger partial charge in [0.1, 0.15) is 11.5 Å². The topological polar surface area (TPSA) is 124 Å². The fraction of sp³-hybridized carbons (Fsp3) is 0.211. The largest absolute Gasteiger partial charge is 0.479 e. The smallest absolute Gasteiger partial charge is 0.334 e. The molecular weight excluding hydrogens is 378 g/mol. The summed E-state index contributed by atoms with van der Waals surface area (Å²) in [6, 6.07) is 12.6. The molecule has 1 aliphatic heterocycles. The summed E-state index contributed by atoms with van der Waals surface area (Å²) < 4.78 is 11.9. The van der Waals surface area contributed by atoms with E-state index in [0.717, 1.165) is 5.56 Å². The molecule has 3 heterocycles. The molecule has 0 bridgehead atoms. The number of nitrogens with zero attached hydrogens (tertiary/aromatic N) is 5. The number of aliphatic carboxylic acids is 1. The summed E-state index contributed by atoms with van der Waals surface area (Å²) in [6.45, 7) is 0.297. The van der Waals surface area contributed by atoms with Crippen molar-refractivity contribution in [2.75, 3.05) is 19.7 Å². The summed E-state index contributed by atoms with van der Waals surface area (Å²) in [5.41, 5.74) is 0.857. The van der Waals surface area contributed by atoms with Gasteiger partial charge in [-0.2, -0.15) is 4.68 Å². The minimum absolute atomic E-state index is 0.0769. The first-order valence-electron chi connectivity index (χ1n) is 8.86. The van der Waals surface area contributed by atoms with Gasteiger partial charge in [0, 0.05) is 18.2 Å². The second-order valence-electron chi connectivity index (χ2n) is 6.27. The average molecular weight is 395 g/mol. The average Bonchev–Trinajstić information content (AvgIpc) is 3.44. The monoisotopic (exact) mass is 395 g/mol. The summed E-state index contributed by atoms with van der Waals surface area (Å²) >= 11 is 0. The minimum Gasteiger partial charge on any atom is -0.479 e. The van der Waals surface area contributed by atoms with E-state index >= 15 is 0 Å². The number of aromatic nitrogens is 4. The summed E-state index contributed by atoms with van der Waals surface area (Å²) in [5, 5.41) is 21.0. The molecule has 1 aliphatic rings. The van der Waals surface area contributed by atoms with Crippen molar-refractivity contribution in [3.63, 3.8) is 0 Å². The van der Waals surface area contributed by atoms with Gasteiger partial charge in [0.05, 0.1) is 19.4 Å². The van der Waals surface area contributed by atoms with Gasteiger partial charge in [0.15, 0.2) is 11.9 Å². The summed E-state index contributed by atoms with van der Waals surface area (Å²) in [6.07, 6.45) is 1.93. The lowest BCUT2D eigenvalue weighted by atomic mass is 10.2. The van der Waals surface area contributed by atoms with Crippen molar-refractivity contribution in [1.82, 2.24) is 25.1 Å². The van der Waals surface area contributed by atoms with E-state index in [2.05, 4.69) is 15.5 Å². The van der Waals surface area contributed by atoms with Gasteiger partial charge in [-0.25, -0.2) is 4.79 Å². The van der Waals surface area contributed by atoms with Crippen LogP contribution in [-0.2, 0) is 14.3 Å². The fourth-order valence-corrected chi connectivity index (χ4v) is 2.98. The first kappa shape index (κ1) is 18.6. The van der Waals surface area contributed by atoms with Gasteiger partial charge in [0.2, 0.25) is 0 Å². The SMILES string of the molecule is O=C(O)C1CN(C(=O)/C(=C/c2ccco2)n2nnnc2-c2ccccc2)CCO1. The van der Waals surface area contributed by atoms with Gasteiger partial charge in [-0.05, 0) is 22.6 Å². The zero-order chi connectivity index (χ0) is 20.2. The molecular formula is C19H17N5O5. The number of carbonyl (C=O) groups excluding carboxylic acids is 1. The van der Waals surface area contributed by atoms with Gasteiger partial charge in [-0.1, -0.05) is 30.3 Å². The number of carboxylic acids is 1. The second kappa shape index (κ2) is 8.07. The van der Waals surface area contributed by atoms with Crippen molar-refractivity contribution >= 4 is 23.6 Å². The molecule has 2 aromatic heterocycles. The van der Waals surface area contributed by atoms with Crippen molar-refractivity contribution in [3.05, 3.63) is 54.5 Å². The van der Waals surface area contributed by atoms with Crippen LogP contribution in [0.4, 0.5) is 0 Å². The normalized spacial score (nSPS) is 17.3. The molecule has 148 valence electrons. The predicted octanol–water partition coefficient (Wildman–Crippen LogP) is 1.24. The van der Waals surface area contributed by atoms with E-state index in [0.29, 0.717) is 11.6 Å². The molecule has 4 rings (SSSR count). The Morgan fingerprint density at radius 2 is 2.00 bits per heavy atom. The van der Waals surface area contributed by atoms with Crippen LogP contribution in [0.25, 0.3) is 23.2 Å². The fourth-order valence-electron chi connectivity index (χ4n) is 2.98. The Morgan fingerprint density at radius 1 is 1.17 bits per heavy atom. The van der Waals surface area contributed by atoms with Crippen LogP contribution < -0.4 is 0 Å². The van der Waals surface area contributed by atoms with Crippen LogP contribution in [0.1, 0.15) is 5.76 Å². The first-order valence-corrected chi connectivity index (χ1v) is 8.86. The number of carbonyl (C=O) groups is 2. The highest BCUT2D eigenvalue weighted by Crippen LogP contribution is 2.22. The van der Waals surface area contributed by atoms with Crippen LogP contribution in [0.5, 0.6) is 0 Å². The third kappa shape index (κ3) is 3.92. The Kier molecular flexibility index (Phi) is 5.16. The summed E-state index contributed by atoms with van der Waals surface area (Å²) in [5.74, 6) is -0.738. The lowest BCUT2D eigenvalue weighted by Crippen LogP contribution is -2.49. The molecule has 1 atom stereocenters. The molecule has 0 radical (unpaired) electrons. The number of benzene rings is 1. The standard InChI is InChI=1S/C19H17N5O5/c25-18(23-8-10-29-16(12-23)19(26)27)15(11-14-7-4-9-28-14)24-17(20-21-22-24)13-5-2-1-3-6-13/h1-7,9,11,16H,8,10,12H2,(H,26,27)/b15-11-. The van der Waals surface area contributed by atoms with Crippen molar-refractivity contribution in [3.8, 4) is 11.4 Å². The van der Waals surface area contributed by atoms with Gasteiger partial charge in [0.25, 0.3) is 5.91 Å². The molecule has 1 aromatic carbocycles. The third-order valence-electron chi connectivity index (χ3n) is 4.40. The third-order valence-corrected chi connectivity index (χ3v) is 4.40. The maximum Gasteiger partial charge on any atom is 0.334 e. The number of ether oxygens (including phenoxy) is 1. The second-order valence-corrected chi connectivity index (χ2v) is 6.27. The maximum absolute atomic E-state index is 13.3. The van der Waals surface area contributed by atoms with E-state index in [9.17, 15) is 14.7 Å². The van der Waals surface area contributed by atoms with Gasteiger partial charge < -0.3 is 19.2 Å². The van der Waals surface area contributed by atoms with Crippen molar-refractivity contribution in [2.24, 2.45) is 0 Å². The Balaban J connectivity index is 1.74. The highest BCUT2D eigenvalue weighted by Gasteiger charge is 2.32. The number of tetrazole rings is 1. The van der Waals surface area contributed by atoms with Crippen molar-refractivity contribution in [2.45, 2.75) is 6.10 Å². The minimum atomic E-state index is -1.12. The highest BCUT2D eigenvalue weighted by atomic mass is 16.5. The summed E-state index contributed by atoms with van der Waals surface area (Å²) in [7, 11) is 0. The van der Waals surface area contributed by atoms with Crippen LogP contribution in [0.15, 0.2) is 53.1 Å². The molecule has 29 heavy (non-hydrogen) atoms. The number of hydrogen-bond donors (Lipinski definition) is 1. The molecule has 1 unspecified atom stereocenters. The molecule has 1 saturated heterocycles. The molecule has 10 heteroatoms. The molecule has 3 aromatic rings. The lowest BCUT2D eigenvalue weighted by Gasteiger charge is -2.31. The number of rotatable bonds is 5. The van der Waals surface area contributed by atoms with E-state index in [1.54, 1.807) is 12.1 Å². The van der Waals surface area contributed by atoms with E-state index < -0.39 is 18.0 Å². The number of carboxylic acid groups (broad SMARTS) is 1. The maximum atomic E-state index is 13.3. The lowest BCUT2D eigenvalue weighted by molar-refractivity contribution is -0.158. The van der Waals surface area contributed by atoms with E-state index in [4.69, 9.17) is 9.15 Å². The number of amides is 1. The van der Waals surface area contributed by atoms with Crippen LogP contribution >= 0.6 is 0 Å². The Bertz CT molecular complexity index is 1030. The van der Waals surface area contributed by atoms with E-state index in [-0.39, 0.29) is 25.4 Å². The Morgan fingerprint density at radius 3 is 2.72 bits per heavy atom. The molecule has 1 amide bonds. The van der Waals surface area contributed by atoms with Crippen molar-refractivity contribution in [1.29, 1.82) is 0 Å². The van der Waals surface area contributed by atoms with Gasteiger partial charge in [-0.15, -0.1) is 5.10 Å². The first-order chi connectivity index (χ1) is 14.1. The zero-order valence-electron chi connectivity index (χ0n) is 15.2. The molecule has 0 aliphatic carbocycles. The highest BCUT2D eigenvalue weighted by molar-refractivity contribution is 6.18. The molecule has 0 spiro atoms. The number of hydrogen-bond acceptors (Lipinski definition) is 7. The van der Waals surface area contributed by atoms with E-state index in [1.807, 2.05) is 30.3 Å². The Labute approximate surface area is 165 Å². The van der Waals surface area contributed by atoms with Gasteiger partial charge in [-0.3, -0.25) is 4.79 Å². The van der Waals surface area contributed by atoms with Crippen LogP contribution in [-0.4, -0.2) is 67.9 Å². The quantitative estimate of drug-likeness (QED) is 0.640. The van der Waals surface area contributed by atoms with Gasteiger partial charge >= 0.3 is 5.97 Å². The predicted molar refractivity (Wildman–Crippen MR) is 100 cm³/mol. The number of furan rings is 1. The van der Waals surface area contributed by atoms with Crippen LogP contribution in [0.3, 0.4) is 0 Å².